The molecule has 1 aromatic carbocycles. The van der Waals surface area contributed by atoms with E-state index < -0.39 is 0 Å². The SMILES string of the molecule is CC(OCc1ccccc1)B1OC(C)(C)C(C)(C)O1. The molecule has 1 heterocycles. The van der Waals surface area contributed by atoms with Crippen LogP contribution in [0.1, 0.15) is 40.2 Å². The van der Waals surface area contributed by atoms with E-state index >= 15 is 0 Å². The van der Waals surface area contributed by atoms with Crippen molar-refractivity contribution in [3.05, 3.63) is 35.9 Å². The van der Waals surface area contributed by atoms with E-state index in [2.05, 4.69) is 39.8 Å². The van der Waals surface area contributed by atoms with Crippen molar-refractivity contribution in [2.45, 2.75) is 58.4 Å². The molecule has 1 aromatic rings. The van der Waals surface area contributed by atoms with Gasteiger partial charge < -0.3 is 14.0 Å². The Morgan fingerprint density at radius 1 is 1.05 bits per heavy atom. The first kappa shape index (κ1) is 14.6. The summed E-state index contributed by atoms with van der Waals surface area (Å²) >= 11 is 0. The van der Waals surface area contributed by atoms with E-state index in [1.54, 1.807) is 0 Å². The lowest BCUT2D eigenvalue weighted by Crippen LogP contribution is -2.41. The Kier molecular flexibility index (Phi) is 4.04. The van der Waals surface area contributed by atoms with E-state index in [9.17, 15) is 0 Å². The summed E-state index contributed by atoms with van der Waals surface area (Å²) in [4.78, 5) is 0. The molecule has 0 spiro atoms. The molecule has 1 unspecified atom stereocenters. The van der Waals surface area contributed by atoms with Crippen molar-refractivity contribution in [1.82, 2.24) is 0 Å². The molecular formula is C15H23BO3. The van der Waals surface area contributed by atoms with Crippen LogP contribution in [0.3, 0.4) is 0 Å². The van der Waals surface area contributed by atoms with Gasteiger partial charge in [0.1, 0.15) is 0 Å². The van der Waals surface area contributed by atoms with Gasteiger partial charge in [-0.25, -0.2) is 0 Å². The smallest absolute Gasteiger partial charge is 0.402 e. The number of rotatable bonds is 4. The standard InChI is InChI=1S/C15H23BO3/c1-12(17-11-13-9-7-6-8-10-13)16-18-14(2,3)15(4,5)19-16/h6-10,12H,11H2,1-5H3. The third-order valence-electron chi connectivity index (χ3n) is 4.01. The van der Waals surface area contributed by atoms with Gasteiger partial charge in [-0.2, -0.15) is 0 Å². The quantitative estimate of drug-likeness (QED) is 0.780. The van der Waals surface area contributed by atoms with E-state index in [4.69, 9.17) is 14.0 Å². The van der Waals surface area contributed by atoms with Crippen molar-refractivity contribution < 1.29 is 14.0 Å². The van der Waals surface area contributed by atoms with Gasteiger partial charge in [-0.15, -0.1) is 0 Å². The lowest BCUT2D eigenvalue weighted by atomic mass is 9.82. The fourth-order valence-corrected chi connectivity index (χ4v) is 1.96. The van der Waals surface area contributed by atoms with Gasteiger partial charge in [-0.1, -0.05) is 30.3 Å². The summed E-state index contributed by atoms with van der Waals surface area (Å²) in [7, 11) is -0.311. The molecule has 0 saturated carbocycles. The molecule has 1 fully saturated rings. The predicted octanol–water partition coefficient (Wildman–Crippen LogP) is 3.22. The summed E-state index contributed by atoms with van der Waals surface area (Å²) in [5.41, 5.74) is 0.551. The Labute approximate surface area is 116 Å². The molecule has 0 bridgehead atoms. The maximum Gasteiger partial charge on any atom is 0.488 e. The Morgan fingerprint density at radius 3 is 2.11 bits per heavy atom. The monoisotopic (exact) mass is 262 g/mol. The van der Waals surface area contributed by atoms with E-state index in [1.807, 2.05) is 25.1 Å². The summed E-state index contributed by atoms with van der Waals surface area (Å²) in [5.74, 6) is 0. The Balaban J connectivity index is 1.90. The topological polar surface area (TPSA) is 27.7 Å². The number of ether oxygens (including phenoxy) is 1. The van der Waals surface area contributed by atoms with Gasteiger partial charge in [0.2, 0.25) is 0 Å². The van der Waals surface area contributed by atoms with Crippen molar-refractivity contribution in [3.63, 3.8) is 0 Å². The van der Waals surface area contributed by atoms with Crippen LogP contribution in [-0.4, -0.2) is 24.3 Å². The molecule has 19 heavy (non-hydrogen) atoms. The normalized spacial score (nSPS) is 22.5. The molecule has 1 aliphatic rings. The Bertz CT molecular complexity index is 401. The first-order valence-electron chi connectivity index (χ1n) is 6.83. The Morgan fingerprint density at radius 2 is 1.58 bits per heavy atom. The average Bonchev–Trinajstić information content (AvgIpc) is 2.57. The van der Waals surface area contributed by atoms with Crippen LogP contribution in [0.2, 0.25) is 0 Å². The summed E-state index contributed by atoms with van der Waals surface area (Å²) in [6, 6.07) is 10.0. The highest BCUT2D eigenvalue weighted by atomic mass is 16.7. The lowest BCUT2D eigenvalue weighted by Gasteiger charge is -2.32. The summed E-state index contributed by atoms with van der Waals surface area (Å²) < 4.78 is 17.8. The molecule has 1 saturated heterocycles. The second-order valence-electron chi connectivity index (χ2n) is 6.13. The van der Waals surface area contributed by atoms with Crippen molar-refractivity contribution in [2.24, 2.45) is 0 Å². The minimum atomic E-state index is -0.311. The fraction of sp³-hybridized carbons (Fsp3) is 0.600. The van der Waals surface area contributed by atoms with Gasteiger partial charge >= 0.3 is 7.12 Å². The van der Waals surface area contributed by atoms with Gasteiger partial charge in [-0.05, 0) is 40.2 Å². The van der Waals surface area contributed by atoms with Crippen molar-refractivity contribution in [1.29, 1.82) is 0 Å². The second kappa shape index (κ2) is 5.27. The predicted molar refractivity (Wildman–Crippen MR) is 76.8 cm³/mol. The van der Waals surface area contributed by atoms with Gasteiger partial charge in [-0.3, -0.25) is 0 Å². The van der Waals surface area contributed by atoms with Gasteiger partial charge in [0.15, 0.2) is 0 Å². The molecule has 0 radical (unpaired) electrons. The van der Waals surface area contributed by atoms with Gasteiger partial charge in [0.05, 0.1) is 23.8 Å². The molecule has 0 N–H and O–H groups in total. The van der Waals surface area contributed by atoms with E-state index in [0.717, 1.165) is 5.56 Å². The average molecular weight is 262 g/mol. The summed E-state index contributed by atoms with van der Waals surface area (Å²) in [6.07, 6.45) is 0. The maximum absolute atomic E-state index is 5.97. The van der Waals surface area contributed by atoms with Crippen molar-refractivity contribution in [2.75, 3.05) is 0 Å². The maximum atomic E-state index is 5.97. The van der Waals surface area contributed by atoms with Crippen LogP contribution in [-0.2, 0) is 20.7 Å². The first-order chi connectivity index (χ1) is 8.82. The van der Waals surface area contributed by atoms with Crippen LogP contribution >= 0.6 is 0 Å². The van der Waals surface area contributed by atoms with Crippen LogP contribution < -0.4 is 0 Å². The van der Waals surface area contributed by atoms with Gasteiger partial charge in [0, 0.05) is 0 Å². The van der Waals surface area contributed by atoms with Crippen LogP contribution in [0.25, 0.3) is 0 Å². The van der Waals surface area contributed by atoms with Crippen LogP contribution in [0.15, 0.2) is 30.3 Å². The zero-order chi connectivity index (χ0) is 14.1. The molecule has 4 heteroatoms. The fourth-order valence-electron chi connectivity index (χ4n) is 1.96. The molecule has 1 aliphatic heterocycles. The highest BCUT2D eigenvalue weighted by Crippen LogP contribution is 2.37. The van der Waals surface area contributed by atoms with Crippen molar-refractivity contribution in [3.8, 4) is 0 Å². The van der Waals surface area contributed by atoms with Crippen LogP contribution in [0.4, 0.5) is 0 Å². The third-order valence-corrected chi connectivity index (χ3v) is 4.01. The zero-order valence-electron chi connectivity index (χ0n) is 12.5. The largest absolute Gasteiger partial charge is 0.488 e. The number of hydrogen-bond donors (Lipinski definition) is 0. The Hall–Kier alpha value is -0.835. The molecule has 0 amide bonds. The minimum Gasteiger partial charge on any atom is -0.402 e. The highest BCUT2D eigenvalue weighted by Gasteiger charge is 2.53. The molecule has 3 nitrogen and oxygen atoms in total. The lowest BCUT2D eigenvalue weighted by molar-refractivity contribution is 0.00578. The highest BCUT2D eigenvalue weighted by molar-refractivity contribution is 6.47. The molecule has 1 atom stereocenters. The van der Waals surface area contributed by atoms with E-state index in [1.165, 1.54) is 0 Å². The van der Waals surface area contributed by atoms with Gasteiger partial charge in [0.25, 0.3) is 0 Å². The molecular weight excluding hydrogens is 239 g/mol. The summed E-state index contributed by atoms with van der Waals surface area (Å²) in [6.45, 7) is 10.8. The first-order valence-corrected chi connectivity index (χ1v) is 6.83. The zero-order valence-corrected chi connectivity index (χ0v) is 12.5. The number of benzene rings is 1. The molecule has 104 valence electrons. The molecule has 0 aliphatic carbocycles. The van der Waals surface area contributed by atoms with E-state index in [0.29, 0.717) is 6.61 Å². The molecule has 0 aromatic heterocycles. The minimum absolute atomic E-state index is 0.0961. The second-order valence-corrected chi connectivity index (χ2v) is 6.13. The third kappa shape index (κ3) is 3.19. The summed E-state index contributed by atoms with van der Waals surface area (Å²) in [5, 5.41) is 0. The molecule has 2 rings (SSSR count). The van der Waals surface area contributed by atoms with Crippen molar-refractivity contribution >= 4 is 7.12 Å². The van der Waals surface area contributed by atoms with E-state index in [-0.39, 0.29) is 24.3 Å². The number of hydrogen-bond acceptors (Lipinski definition) is 3. The van der Waals surface area contributed by atoms with Crippen LogP contribution in [0.5, 0.6) is 0 Å². The van der Waals surface area contributed by atoms with Crippen LogP contribution in [0, 0.1) is 0 Å².